The van der Waals surface area contributed by atoms with E-state index in [1.54, 1.807) is 12.1 Å². The second-order valence-corrected chi connectivity index (χ2v) is 3.88. The topological polar surface area (TPSA) is 63.3 Å². The van der Waals surface area contributed by atoms with E-state index in [0.717, 1.165) is 5.56 Å². The number of phenols is 1. The van der Waals surface area contributed by atoms with Gasteiger partial charge in [-0.3, -0.25) is 4.79 Å². The number of ketones is 1. The lowest BCUT2D eigenvalue weighted by molar-refractivity contribution is 0.104. The Labute approximate surface area is 117 Å². The first-order valence-corrected chi connectivity index (χ1v) is 5.53. The van der Waals surface area contributed by atoms with Crippen molar-refractivity contribution in [3.05, 3.63) is 65.7 Å². The Morgan fingerprint density at radius 1 is 1.11 bits per heavy atom. The van der Waals surface area contributed by atoms with E-state index in [4.69, 9.17) is 5.73 Å². The lowest BCUT2D eigenvalue weighted by Crippen LogP contribution is -1.96. The highest BCUT2D eigenvalue weighted by atomic mass is 35.5. The van der Waals surface area contributed by atoms with Crippen LogP contribution in [0.2, 0.25) is 0 Å². The first-order valence-electron chi connectivity index (χ1n) is 5.53. The SMILES string of the molecule is Cl.Nc1cc(C(=O)/C=C/c2ccccc2)ccc1O. The molecule has 2 aromatic carbocycles. The second kappa shape index (κ2) is 6.61. The molecule has 0 heterocycles. The van der Waals surface area contributed by atoms with Crippen LogP contribution in [0.1, 0.15) is 15.9 Å². The summed E-state index contributed by atoms with van der Waals surface area (Å²) in [4.78, 5) is 11.9. The Bertz CT molecular complexity index is 594. The molecule has 0 bridgehead atoms. The quantitative estimate of drug-likeness (QED) is 0.391. The summed E-state index contributed by atoms with van der Waals surface area (Å²) in [6.45, 7) is 0. The van der Waals surface area contributed by atoms with Gasteiger partial charge in [0.25, 0.3) is 0 Å². The maximum absolute atomic E-state index is 11.9. The standard InChI is InChI=1S/C15H13NO2.ClH/c16-13-10-12(7-9-15(13)18)14(17)8-6-11-4-2-1-3-5-11;/h1-10,18H,16H2;1H/b8-6+;. The Morgan fingerprint density at radius 3 is 2.42 bits per heavy atom. The third-order valence-electron chi connectivity index (χ3n) is 2.54. The van der Waals surface area contributed by atoms with Crippen molar-refractivity contribution in [2.75, 3.05) is 5.73 Å². The van der Waals surface area contributed by atoms with Gasteiger partial charge in [-0.2, -0.15) is 0 Å². The maximum atomic E-state index is 11.9. The summed E-state index contributed by atoms with van der Waals surface area (Å²) in [6, 6.07) is 14.0. The molecule has 0 saturated heterocycles. The number of hydrogen-bond acceptors (Lipinski definition) is 3. The van der Waals surface area contributed by atoms with Crippen molar-refractivity contribution in [1.29, 1.82) is 0 Å². The van der Waals surface area contributed by atoms with Crippen molar-refractivity contribution in [3.63, 3.8) is 0 Å². The van der Waals surface area contributed by atoms with Crippen molar-refractivity contribution in [3.8, 4) is 5.75 Å². The zero-order chi connectivity index (χ0) is 13.0. The molecule has 0 amide bonds. The number of benzene rings is 2. The van der Waals surface area contributed by atoms with Gasteiger partial charge in [0.2, 0.25) is 0 Å². The van der Waals surface area contributed by atoms with Gasteiger partial charge in [0.05, 0.1) is 5.69 Å². The molecule has 3 nitrogen and oxygen atoms in total. The highest BCUT2D eigenvalue weighted by Crippen LogP contribution is 2.20. The van der Waals surface area contributed by atoms with Crippen LogP contribution in [-0.2, 0) is 0 Å². The molecule has 0 fully saturated rings. The van der Waals surface area contributed by atoms with Crippen LogP contribution in [0.4, 0.5) is 5.69 Å². The zero-order valence-electron chi connectivity index (χ0n) is 10.1. The molecule has 0 atom stereocenters. The maximum Gasteiger partial charge on any atom is 0.185 e. The summed E-state index contributed by atoms with van der Waals surface area (Å²) in [6.07, 6.45) is 3.23. The molecule has 98 valence electrons. The number of anilines is 1. The second-order valence-electron chi connectivity index (χ2n) is 3.88. The number of nitrogen functional groups attached to an aromatic ring is 1. The predicted molar refractivity (Wildman–Crippen MR) is 79.6 cm³/mol. The lowest BCUT2D eigenvalue weighted by Gasteiger charge is -2.00. The number of phenolic OH excluding ortho intramolecular Hbond substituents is 1. The largest absolute Gasteiger partial charge is 0.506 e. The number of allylic oxidation sites excluding steroid dienone is 1. The molecule has 2 aromatic rings. The average molecular weight is 276 g/mol. The van der Waals surface area contributed by atoms with Crippen LogP contribution < -0.4 is 5.73 Å². The number of aromatic hydroxyl groups is 1. The summed E-state index contributed by atoms with van der Waals surface area (Å²) in [7, 11) is 0. The number of carbonyl (C=O) groups is 1. The number of nitrogens with two attached hydrogens (primary N) is 1. The molecule has 4 heteroatoms. The van der Waals surface area contributed by atoms with Gasteiger partial charge < -0.3 is 10.8 Å². The molecule has 3 N–H and O–H groups in total. The number of halogens is 1. The average Bonchev–Trinajstić information content (AvgIpc) is 2.40. The Kier molecular flexibility index (Phi) is 5.15. The fourth-order valence-electron chi connectivity index (χ4n) is 1.54. The fraction of sp³-hybridized carbons (Fsp3) is 0. The van der Waals surface area contributed by atoms with E-state index in [1.165, 1.54) is 18.2 Å². The molecular formula is C15H14ClNO2. The van der Waals surface area contributed by atoms with Gasteiger partial charge in [-0.15, -0.1) is 12.4 Å². The van der Waals surface area contributed by atoms with Gasteiger partial charge in [0, 0.05) is 5.56 Å². The molecule has 0 spiro atoms. The summed E-state index contributed by atoms with van der Waals surface area (Å²) in [5, 5.41) is 9.28. The normalized spacial score (nSPS) is 10.1. The number of hydrogen-bond donors (Lipinski definition) is 2. The fourth-order valence-corrected chi connectivity index (χ4v) is 1.54. The smallest absolute Gasteiger partial charge is 0.185 e. The predicted octanol–water partition coefficient (Wildman–Crippen LogP) is 3.29. The summed E-state index contributed by atoms with van der Waals surface area (Å²) in [5.74, 6) is -0.163. The molecule has 0 aliphatic heterocycles. The van der Waals surface area contributed by atoms with Gasteiger partial charge in [-0.05, 0) is 29.8 Å². The Morgan fingerprint density at radius 2 is 1.79 bits per heavy atom. The van der Waals surface area contributed by atoms with E-state index in [2.05, 4.69) is 0 Å². The van der Waals surface area contributed by atoms with E-state index >= 15 is 0 Å². The van der Waals surface area contributed by atoms with Gasteiger partial charge in [0.1, 0.15) is 5.75 Å². The van der Waals surface area contributed by atoms with E-state index in [-0.39, 0.29) is 29.6 Å². The minimum Gasteiger partial charge on any atom is -0.506 e. The third-order valence-corrected chi connectivity index (χ3v) is 2.54. The van der Waals surface area contributed by atoms with Gasteiger partial charge in [0.15, 0.2) is 5.78 Å². The van der Waals surface area contributed by atoms with Crippen LogP contribution >= 0.6 is 12.4 Å². The van der Waals surface area contributed by atoms with Crippen molar-refractivity contribution in [2.45, 2.75) is 0 Å². The molecule has 0 saturated carbocycles. The lowest BCUT2D eigenvalue weighted by atomic mass is 10.1. The summed E-state index contributed by atoms with van der Waals surface area (Å²) in [5.41, 5.74) is 7.15. The van der Waals surface area contributed by atoms with E-state index in [1.807, 2.05) is 30.3 Å². The monoisotopic (exact) mass is 275 g/mol. The minimum atomic E-state index is -0.148. The number of rotatable bonds is 3. The molecule has 0 aromatic heterocycles. The molecule has 0 unspecified atom stereocenters. The van der Waals surface area contributed by atoms with Crippen molar-refractivity contribution in [2.24, 2.45) is 0 Å². The summed E-state index contributed by atoms with van der Waals surface area (Å²) >= 11 is 0. The highest BCUT2D eigenvalue weighted by Gasteiger charge is 2.04. The first-order chi connectivity index (χ1) is 8.66. The van der Waals surface area contributed by atoms with E-state index in [9.17, 15) is 9.90 Å². The number of carbonyl (C=O) groups excluding carboxylic acids is 1. The molecule has 0 aliphatic rings. The van der Waals surface area contributed by atoms with Crippen LogP contribution in [0.3, 0.4) is 0 Å². The zero-order valence-corrected chi connectivity index (χ0v) is 10.9. The molecular weight excluding hydrogens is 262 g/mol. The van der Waals surface area contributed by atoms with Crippen LogP contribution in [0.5, 0.6) is 5.75 Å². The van der Waals surface area contributed by atoms with Crippen LogP contribution in [0.15, 0.2) is 54.6 Å². The van der Waals surface area contributed by atoms with Crippen molar-refractivity contribution < 1.29 is 9.90 Å². The molecule has 2 rings (SSSR count). The van der Waals surface area contributed by atoms with Crippen molar-refractivity contribution in [1.82, 2.24) is 0 Å². The first kappa shape index (κ1) is 14.8. The molecule has 0 radical (unpaired) electrons. The third kappa shape index (κ3) is 3.86. The highest BCUT2D eigenvalue weighted by molar-refractivity contribution is 6.07. The minimum absolute atomic E-state index is 0. The van der Waals surface area contributed by atoms with Gasteiger partial charge in [-0.25, -0.2) is 0 Å². The van der Waals surface area contributed by atoms with E-state index < -0.39 is 0 Å². The van der Waals surface area contributed by atoms with Crippen LogP contribution in [0.25, 0.3) is 6.08 Å². The van der Waals surface area contributed by atoms with Crippen molar-refractivity contribution >= 4 is 30.0 Å². The Hall–Kier alpha value is -2.26. The summed E-state index contributed by atoms with van der Waals surface area (Å²) < 4.78 is 0. The van der Waals surface area contributed by atoms with Crippen LogP contribution in [0, 0.1) is 0 Å². The van der Waals surface area contributed by atoms with Crippen LogP contribution in [-0.4, -0.2) is 10.9 Å². The molecule has 19 heavy (non-hydrogen) atoms. The molecule has 0 aliphatic carbocycles. The van der Waals surface area contributed by atoms with Gasteiger partial charge in [-0.1, -0.05) is 36.4 Å². The van der Waals surface area contributed by atoms with E-state index in [0.29, 0.717) is 5.56 Å². The Balaban J connectivity index is 0.00000180. The van der Waals surface area contributed by atoms with Gasteiger partial charge >= 0.3 is 0 Å².